The predicted molar refractivity (Wildman–Crippen MR) is 98.7 cm³/mol. The Labute approximate surface area is 150 Å². The van der Waals surface area contributed by atoms with Gasteiger partial charge in [-0.3, -0.25) is 14.6 Å². The van der Waals surface area contributed by atoms with Crippen LogP contribution in [0.2, 0.25) is 0 Å². The summed E-state index contributed by atoms with van der Waals surface area (Å²) in [6.07, 6.45) is -0.311. The van der Waals surface area contributed by atoms with Crippen molar-refractivity contribution in [3.8, 4) is 5.75 Å². The number of hydrogen-bond donors (Lipinski definition) is 2. The highest BCUT2D eigenvalue weighted by Gasteiger charge is 2.27. The van der Waals surface area contributed by atoms with E-state index in [2.05, 4.69) is 15.1 Å². The van der Waals surface area contributed by atoms with Crippen LogP contribution >= 0.6 is 0 Å². The number of carbonyl (C=O) groups is 1. The number of aliphatic hydroxyl groups is 1. The molecule has 1 aliphatic heterocycles. The summed E-state index contributed by atoms with van der Waals surface area (Å²) in [6, 6.07) is 7.47. The van der Waals surface area contributed by atoms with Crippen molar-refractivity contribution in [3.05, 3.63) is 29.8 Å². The van der Waals surface area contributed by atoms with Crippen molar-refractivity contribution in [2.24, 2.45) is 0 Å². The summed E-state index contributed by atoms with van der Waals surface area (Å²) >= 11 is 0. The van der Waals surface area contributed by atoms with Crippen molar-refractivity contribution < 1.29 is 14.6 Å². The molecule has 25 heavy (non-hydrogen) atoms. The van der Waals surface area contributed by atoms with Crippen LogP contribution in [0.25, 0.3) is 0 Å². The lowest BCUT2D eigenvalue weighted by Crippen LogP contribution is -2.54. The number of amides is 1. The molecule has 140 valence electrons. The van der Waals surface area contributed by atoms with Crippen LogP contribution in [0.1, 0.15) is 32.4 Å². The fourth-order valence-electron chi connectivity index (χ4n) is 3.31. The quantitative estimate of drug-likeness (QED) is 0.776. The van der Waals surface area contributed by atoms with E-state index < -0.39 is 0 Å². The average molecular weight is 349 g/mol. The van der Waals surface area contributed by atoms with E-state index in [1.165, 1.54) is 0 Å². The van der Waals surface area contributed by atoms with Crippen molar-refractivity contribution in [2.75, 3.05) is 39.8 Å². The summed E-state index contributed by atoms with van der Waals surface area (Å²) in [5.41, 5.74) is 0.979. The molecule has 1 aromatic rings. The predicted octanol–water partition coefficient (Wildman–Crippen LogP) is 1.26. The van der Waals surface area contributed by atoms with Gasteiger partial charge in [0.15, 0.2) is 0 Å². The van der Waals surface area contributed by atoms with E-state index in [4.69, 9.17) is 4.74 Å². The maximum atomic E-state index is 12.6. The van der Waals surface area contributed by atoms with Crippen LogP contribution in [-0.2, 0) is 4.79 Å². The number of nitrogens with zero attached hydrogens (tertiary/aromatic N) is 2. The maximum Gasteiger partial charge on any atom is 0.237 e. The largest absolute Gasteiger partial charge is 0.496 e. The zero-order valence-corrected chi connectivity index (χ0v) is 15.7. The van der Waals surface area contributed by atoms with E-state index in [1.807, 2.05) is 45.0 Å². The Morgan fingerprint density at radius 2 is 1.84 bits per heavy atom. The number of β-amino-alcohol motifs (C(OH)–C–C–N with tert-alkyl or cyclic N) is 1. The molecule has 2 rings (SSSR count). The molecular weight excluding hydrogens is 318 g/mol. The summed E-state index contributed by atoms with van der Waals surface area (Å²) in [4.78, 5) is 17.1. The molecule has 3 atom stereocenters. The number of carbonyl (C=O) groups excluding carboxylic acids is 1. The molecule has 1 amide bonds. The summed E-state index contributed by atoms with van der Waals surface area (Å²) < 4.78 is 5.38. The molecular formula is C19H31N3O3. The molecule has 1 aliphatic rings. The second kappa shape index (κ2) is 9.17. The minimum absolute atomic E-state index is 0.0300. The molecule has 0 bridgehead atoms. The SMILES string of the molecule is COc1ccccc1[C@H](C)NC(=O)[C@@H](C)N1CCN(C[C@@H](C)O)CC1. The van der Waals surface area contributed by atoms with Gasteiger partial charge in [-0.2, -0.15) is 0 Å². The molecule has 1 saturated heterocycles. The Kier molecular flexibility index (Phi) is 7.23. The number of nitrogens with one attached hydrogen (secondary N) is 1. The van der Waals surface area contributed by atoms with E-state index >= 15 is 0 Å². The number of benzene rings is 1. The first-order valence-electron chi connectivity index (χ1n) is 9.00. The Balaban J connectivity index is 1.88. The van der Waals surface area contributed by atoms with Crippen LogP contribution < -0.4 is 10.1 Å². The second-order valence-electron chi connectivity index (χ2n) is 6.83. The molecule has 0 spiro atoms. The molecule has 1 aromatic carbocycles. The number of piperazine rings is 1. The van der Waals surface area contributed by atoms with Gasteiger partial charge in [-0.05, 0) is 26.8 Å². The van der Waals surface area contributed by atoms with Gasteiger partial charge in [0, 0.05) is 38.3 Å². The van der Waals surface area contributed by atoms with Crippen molar-refractivity contribution in [1.82, 2.24) is 15.1 Å². The summed E-state index contributed by atoms with van der Waals surface area (Å²) in [5.74, 6) is 0.817. The lowest BCUT2D eigenvalue weighted by Gasteiger charge is -2.38. The third kappa shape index (κ3) is 5.42. The number of hydrogen-bond acceptors (Lipinski definition) is 5. The summed E-state index contributed by atoms with van der Waals surface area (Å²) in [7, 11) is 1.64. The Morgan fingerprint density at radius 3 is 2.44 bits per heavy atom. The molecule has 1 heterocycles. The second-order valence-corrected chi connectivity index (χ2v) is 6.83. The van der Waals surface area contributed by atoms with Gasteiger partial charge < -0.3 is 15.2 Å². The highest BCUT2D eigenvalue weighted by atomic mass is 16.5. The number of methoxy groups -OCH3 is 1. The molecule has 0 aliphatic carbocycles. The van der Waals surface area contributed by atoms with Gasteiger partial charge in [0.2, 0.25) is 5.91 Å². The monoisotopic (exact) mass is 349 g/mol. The van der Waals surface area contributed by atoms with E-state index in [-0.39, 0.29) is 24.1 Å². The Morgan fingerprint density at radius 1 is 1.20 bits per heavy atom. The van der Waals surface area contributed by atoms with E-state index in [9.17, 15) is 9.90 Å². The minimum atomic E-state index is -0.311. The van der Waals surface area contributed by atoms with Crippen LogP contribution in [0.3, 0.4) is 0 Å². The smallest absolute Gasteiger partial charge is 0.237 e. The van der Waals surface area contributed by atoms with Crippen LogP contribution in [-0.4, -0.2) is 72.8 Å². The van der Waals surface area contributed by atoms with Crippen molar-refractivity contribution >= 4 is 5.91 Å². The molecule has 6 nitrogen and oxygen atoms in total. The van der Waals surface area contributed by atoms with Gasteiger partial charge in [-0.25, -0.2) is 0 Å². The summed E-state index contributed by atoms with van der Waals surface area (Å²) in [6.45, 7) is 9.86. The van der Waals surface area contributed by atoms with Gasteiger partial charge in [0.05, 0.1) is 25.3 Å². The average Bonchev–Trinajstić information content (AvgIpc) is 2.61. The first-order valence-corrected chi connectivity index (χ1v) is 9.00. The third-order valence-corrected chi connectivity index (χ3v) is 4.82. The topological polar surface area (TPSA) is 65.0 Å². The molecule has 6 heteroatoms. The number of aliphatic hydroxyl groups excluding tert-OH is 1. The molecule has 0 radical (unpaired) electrons. The number of ether oxygens (including phenoxy) is 1. The van der Waals surface area contributed by atoms with E-state index in [0.717, 1.165) is 37.5 Å². The van der Waals surface area contributed by atoms with Crippen molar-refractivity contribution in [2.45, 2.75) is 39.0 Å². The standard InChI is InChI=1S/C19H31N3O3/c1-14(23)13-21-9-11-22(12-10-21)16(3)19(24)20-15(2)17-7-5-6-8-18(17)25-4/h5-8,14-16,23H,9-13H2,1-4H3,(H,20,24)/t14-,15+,16-/m1/s1. The van der Waals surface area contributed by atoms with Crippen LogP contribution in [0, 0.1) is 0 Å². The van der Waals surface area contributed by atoms with Gasteiger partial charge in [0.1, 0.15) is 5.75 Å². The van der Waals surface area contributed by atoms with Gasteiger partial charge in [-0.15, -0.1) is 0 Å². The number of rotatable bonds is 7. The van der Waals surface area contributed by atoms with Gasteiger partial charge in [-0.1, -0.05) is 18.2 Å². The highest BCUT2D eigenvalue weighted by molar-refractivity contribution is 5.81. The fraction of sp³-hybridized carbons (Fsp3) is 0.632. The first kappa shape index (κ1) is 19.7. The lowest BCUT2D eigenvalue weighted by molar-refractivity contribution is -0.127. The van der Waals surface area contributed by atoms with Gasteiger partial charge in [0.25, 0.3) is 0 Å². The molecule has 2 N–H and O–H groups in total. The molecule has 0 saturated carbocycles. The molecule has 0 unspecified atom stereocenters. The zero-order valence-electron chi connectivity index (χ0n) is 15.7. The fourth-order valence-corrected chi connectivity index (χ4v) is 3.31. The van der Waals surface area contributed by atoms with E-state index in [1.54, 1.807) is 7.11 Å². The van der Waals surface area contributed by atoms with Crippen LogP contribution in [0.4, 0.5) is 0 Å². The lowest BCUT2D eigenvalue weighted by atomic mass is 10.1. The maximum absolute atomic E-state index is 12.6. The Hall–Kier alpha value is -1.63. The van der Waals surface area contributed by atoms with Crippen molar-refractivity contribution in [1.29, 1.82) is 0 Å². The minimum Gasteiger partial charge on any atom is -0.496 e. The zero-order chi connectivity index (χ0) is 18.4. The normalized spacial score (nSPS) is 19.9. The Bertz CT molecular complexity index is 557. The highest BCUT2D eigenvalue weighted by Crippen LogP contribution is 2.24. The molecule has 0 aromatic heterocycles. The van der Waals surface area contributed by atoms with Crippen LogP contribution in [0.15, 0.2) is 24.3 Å². The third-order valence-electron chi connectivity index (χ3n) is 4.82. The van der Waals surface area contributed by atoms with Crippen molar-refractivity contribution in [3.63, 3.8) is 0 Å². The summed E-state index contributed by atoms with van der Waals surface area (Å²) in [5, 5.41) is 12.6. The molecule has 1 fully saturated rings. The van der Waals surface area contributed by atoms with E-state index in [0.29, 0.717) is 6.54 Å². The van der Waals surface area contributed by atoms with Crippen LogP contribution in [0.5, 0.6) is 5.75 Å². The number of para-hydroxylation sites is 1. The first-order chi connectivity index (χ1) is 11.9. The van der Waals surface area contributed by atoms with Gasteiger partial charge >= 0.3 is 0 Å².